The van der Waals surface area contributed by atoms with Crippen LogP contribution in [0.15, 0.2) is 168 Å². The smallest absolute Gasteiger partial charge is 0.143 e. The topological polar surface area (TPSA) is 16.4 Å². The maximum atomic E-state index is 6.91. The summed E-state index contributed by atoms with van der Waals surface area (Å²) in [5, 5.41) is 9.67. The Hall–Kier alpha value is -5.90. The lowest BCUT2D eigenvalue weighted by Gasteiger charge is -2.28. The van der Waals surface area contributed by atoms with Gasteiger partial charge in [-0.05, 0) is 58.1 Å². The maximum absolute atomic E-state index is 6.91. The summed E-state index contributed by atoms with van der Waals surface area (Å²) in [6, 6.07) is 58.9. The molecular formula is C44H27NOS. The van der Waals surface area contributed by atoms with E-state index in [1.54, 1.807) is 0 Å². The van der Waals surface area contributed by atoms with Gasteiger partial charge in [0, 0.05) is 59.3 Å². The van der Waals surface area contributed by atoms with Crippen LogP contribution >= 0.6 is 11.3 Å². The number of thiophene rings is 1. The molecule has 0 aliphatic rings. The van der Waals surface area contributed by atoms with Gasteiger partial charge >= 0.3 is 0 Å². The minimum absolute atomic E-state index is 0.875. The lowest BCUT2D eigenvalue weighted by atomic mass is 9.95. The van der Waals surface area contributed by atoms with Gasteiger partial charge < -0.3 is 9.32 Å². The van der Waals surface area contributed by atoms with Crippen LogP contribution in [0.2, 0.25) is 0 Å². The van der Waals surface area contributed by atoms with E-state index in [1.165, 1.54) is 36.3 Å². The summed E-state index contributed by atoms with van der Waals surface area (Å²) in [6.45, 7) is 0. The zero-order valence-electron chi connectivity index (χ0n) is 25.4. The number of hydrogen-bond acceptors (Lipinski definition) is 3. The molecule has 0 aliphatic carbocycles. The third-order valence-electron chi connectivity index (χ3n) is 9.43. The van der Waals surface area contributed by atoms with Crippen molar-refractivity contribution in [3.05, 3.63) is 164 Å². The second-order valence-corrected chi connectivity index (χ2v) is 13.2. The Morgan fingerprint density at radius 1 is 0.426 bits per heavy atom. The largest absolute Gasteiger partial charge is 0.455 e. The zero-order chi connectivity index (χ0) is 30.9. The first-order valence-electron chi connectivity index (χ1n) is 15.9. The van der Waals surface area contributed by atoms with Crippen LogP contribution < -0.4 is 4.90 Å². The molecule has 0 fully saturated rings. The molecule has 0 saturated carbocycles. The van der Waals surface area contributed by atoms with Crippen LogP contribution in [-0.2, 0) is 0 Å². The SMILES string of the molecule is c1ccc(-c2cc3c(cc2N(c2ccccc2)c2ccc4c(c2)sc2ccccc24)oc2c4ccccc4c4ccccc4c32)cc1. The molecule has 47 heavy (non-hydrogen) atoms. The number of para-hydroxylation sites is 1. The van der Waals surface area contributed by atoms with Gasteiger partial charge in [-0.2, -0.15) is 0 Å². The van der Waals surface area contributed by atoms with Crippen molar-refractivity contribution < 1.29 is 4.42 Å². The number of rotatable bonds is 4. The highest BCUT2D eigenvalue weighted by Gasteiger charge is 2.23. The molecule has 0 atom stereocenters. The lowest BCUT2D eigenvalue weighted by molar-refractivity contribution is 0.673. The van der Waals surface area contributed by atoms with E-state index in [0.29, 0.717) is 0 Å². The number of nitrogens with zero attached hydrogens (tertiary/aromatic N) is 1. The summed E-state index contributed by atoms with van der Waals surface area (Å²) >= 11 is 1.85. The molecule has 0 spiro atoms. The van der Waals surface area contributed by atoms with Crippen LogP contribution in [-0.4, -0.2) is 0 Å². The van der Waals surface area contributed by atoms with Gasteiger partial charge in [-0.1, -0.05) is 121 Å². The molecule has 10 aromatic rings. The normalized spacial score (nSPS) is 11.8. The number of fused-ring (bicyclic) bond motifs is 11. The first-order valence-corrected chi connectivity index (χ1v) is 16.7. The van der Waals surface area contributed by atoms with E-state index in [0.717, 1.165) is 55.5 Å². The van der Waals surface area contributed by atoms with Crippen LogP contribution in [0.1, 0.15) is 0 Å². The predicted octanol–water partition coefficient (Wildman–Crippen LogP) is 13.4. The average molecular weight is 618 g/mol. The molecule has 220 valence electrons. The van der Waals surface area contributed by atoms with Crippen LogP contribution in [0, 0.1) is 0 Å². The van der Waals surface area contributed by atoms with Crippen molar-refractivity contribution >= 4 is 92.1 Å². The third kappa shape index (κ3) is 4.04. The Bertz CT molecular complexity index is 2790. The molecule has 2 aromatic heterocycles. The van der Waals surface area contributed by atoms with Crippen molar-refractivity contribution in [3.63, 3.8) is 0 Å². The van der Waals surface area contributed by atoms with Crippen LogP contribution in [0.3, 0.4) is 0 Å². The van der Waals surface area contributed by atoms with Crippen molar-refractivity contribution in [1.82, 2.24) is 0 Å². The number of furan rings is 1. The van der Waals surface area contributed by atoms with Gasteiger partial charge in [0.15, 0.2) is 0 Å². The average Bonchev–Trinajstić information content (AvgIpc) is 3.70. The first-order chi connectivity index (χ1) is 23.3. The Kier molecular flexibility index (Phi) is 5.78. The highest BCUT2D eigenvalue weighted by atomic mass is 32.1. The molecular weight excluding hydrogens is 591 g/mol. The molecule has 0 amide bonds. The number of hydrogen-bond donors (Lipinski definition) is 0. The first kappa shape index (κ1) is 26.3. The summed E-state index contributed by atoms with van der Waals surface area (Å²) in [5.74, 6) is 0. The van der Waals surface area contributed by atoms with Gasteiger partial charge in [0.05, 0.1) is 5.69 Å². The van der Waals surface area contributed by atoms with Crippen LogP contribution in [0.25, 0.3) is 74.8 Å². The summed E-state index contributed by atoms with van der Waals surface area (Å²) in [5.41, 5.74) is 7.40. The predicted molar refractivity (Wildman–Crippen MR) is 202 cm³/mol. The standard InChI is InChI=1S/C44H27NOS/c1-3-13-28(14-4-1)37-26-38-40(46-44-36-21-10-8-18-32(36)31-17-7-9-20-35(31)43(38)44)27-39(37)45(29-15-5-2-6-16-29)30-23-24-34-33-19-11-12-22-41(33)47-42(34)25-30/h1-27H. The molecule has 3 heteroatoms. The van der Waals surface area contributed by atoms with E-state index in [4.69, 9.17) is 4.42 Å². The fraction of sp³-hybridized carbons (Fsp3) is 0. The minimum Gasteiger partial charge on any atom is -0.455 e. The summed E-state index contributed by atoms with van der Waals surface area (Å²) in [7, 11) is 0. The summed E-state index contributed by atoms with van der Waals surface area (Å²) < 4.78 is 9.49. The van der Waals surface area contributed by atoms with Gasteiger partial charge in [0.25, 0.3) is 0 Å². The van der Waals surface area contributed by atoms with Crippen molar-refractivity contribution in [2.24, 2.45) is 0 Å². The monoisotopic (exact) mass is 617 g/mol. The van der Waals surface area contributed by atoms with E-state index >= 15 is 0 Å². The van der Waals surface area contributed by atoms with Gasteiger partial charge in [-0.25, -0.2) is 0 Å². The van der Waals surface area contributed by atoms with Crippen molar-refractivity contribution in [2.45, 2.75) is 0 Å². The highest BCUT2D eigenvalue weighted by Crippen LogP contribution is 2.48. The van der Waals surface area contributed by atoms with Crippen molar-refractivity contribution in [3.8, 4) is 11.1 Å². The molecule has 2 heterocycles. The van der Waals surface area contributed by atoms with Crippen molar-refractivity contribution in [1.29, 1.82) is 0 Å². The molecule has 0 saturated heterocycles. The number of benzene rings is 8. The minimum atomic E-state index is 0.875. The van der Waals surface area contributed by atoms with Gasteiger partial charge in [0.2, 0.25) is 0 Å². The molecule has 0 N–H and O–H groups in total. The molecule has 0 bridgehead atoms. The quantitative estimate of drug-likeness (QED) is 0.183. The molecule has 8 aromatic carbocycles. The fourth-order valence-corrected chi connectivity index (χ4v) is 8.47. The molecule has 2 nitrogen and oxygen atoms in total. The third-order valence-corrected chi connectivity index (χ3v) is 10.6. The molecule has 10 rings (SSSR count). The lowest BCUT2D eigenvalue weighted by Crippen LogP contribution is -2.11. The zero-order valence-corrected chi connectivity index (χ0v) is 26.2. The Morgan fingerprint density at radius 2 is 1.04 bits per heavy atom. The maximum Gasteiger partial charge on any atom is 0.143 e. The van der Waals surface area contributed by atoms with Crippen LogP contribution in [0.4, 0.5) is 17.1 Å². The van der Waals surface area contributed by atoms with E-state index < -0.39 is 0 Å². The second-order valence-electron chi connectivity index (χ2n) is 12.1. The van der Waals surface area contributed by atoms with Crippen LogP contribution in [0.5, 0.6) is 0 Å². The van der Waals surface area contributed by atoms with Gasteiger partial charge in [-0.15, -0.1) is 11.3 Å². The van der Waals surface area contributed by atoms with E-state index in [9.17, 15) is 0 Å². The summed E-state index contributed by atoms with van der Waals surface area (Å²) in [6.07, 6.45) is 0. The second kappa shape index (κ2) is 10.3. The van der Waals surface area contributed by atoms with Gasteiger partial charge in [0.1, 0.15) is 11.2 Å². The van der Waals surface area contributed by atoms with E-state index in [1.807, 2.05) is 11.3 Å². The Morgan fingerprint density at radius 3 is 1.83 bits per heavy atom. The number of anilines is 3. The van der Waals surface area contributed by atoms with E-state index in [-0.39, 0.29) is 0 Å². The molecule has 0 unspecified atom stereocenters. The van der Waals surface area contributed by atoms with E-state index in [2.05, 4.69) is 169 Å². The highest BCUT2D eigenvalue weighted by molar-refractivity contribution is 7.25. The fourth-order valence-electron chi connectivity index (χ4n) is 7.33. The summed E-state index contributed by atoms with van der Waals surface area (Å²) in [4.78, 5) is 2.38. The molecule has 0 aliphatic heterocycles. The Labute approximate surface area is 275 Å². The van der Waals surface area contributed by atoms with Crippen molar-refractivity contribution in [2.75, 3.05) is 4.90 Å². The van der Waals surface area contributed by atoms with Gasteiger partial charge in [-0.3, -0.25) is 0 Å². The molecule has 0 radical (unpaired) electrons. The Balaban J connectivity index is 1.32.